The number of non-ortho nitro benzene ring substituents is 2. The Kier molecular flexibility index (Phi) is 6.24. The van der Waals surface area contributed by atoms with E-state index in [0.29, 0.717) is 5.75 Å². The van der Waals surface area contributed by atoms with Crippen molar-refractivity contribution in [2.45, 2.75) is 12.5 Å². The van der Waals surface area contributed by atoms with E-state index in [4.69, 9.17) is 9.47 Å². The van der Waals surface area contributed by atoms with Crippen molar-refractivity contribution in [3.8, 4) is 11.5 Å². The molecule has 132 valence electrons. The maximum atomic E-state index is 10.7. The fraction of sp³-hybridized carbons (Fsp3) is 0.250. The highest BCUT2D eigenvalue weighted by molar-refractivity contribution is 5.38. The number of nitro benzene ring substituents is 2. The summed E-state index contributed by atoms with van der Waals surface area (Å²) < 4.78 is 10.7. The Bertz CT molecular complexity index is 751. The van der Waals surface area contributed by atoms with E-state index in [9.17, 15) is 25.3 Å². The smallest absolute Gasteiger partial charge is 0.273 e. The molecule has 0 aliphatic rings. The molecule has 1 N–H and O–H groups in total. The Labute approximate surface area is 142 Å². The maximum Gasteiger partial charge on any atom is 0.273 e. The normalized spacial score (nSPS) is 11.6. The molecule has 1 unspecified atom stereocenters. The number of aliphatic hydroxyl groups excluding tert-OH is 1. The molecule has 0 saturated carbocycles. The van der Waals surface area contributed by atoms with Gasteiger partial charge < -0.3 is 14.6 Å². The minimum absolute atomic E-state index is 0.0561. The summed E-state index contributed by atoms with van der Waals surface area (Å²) in [6, 6.07) is 11.4. The summed E-state index contributed by atoms with van der Waals surface area (Å²) in [5.74, 6) is 0.619. The molecule has 0 bridgehead atoms. The van der Waals surface area contributed by atoms with Gasteiger partial charge in [0.05, 0.1) is 34.7 Å². The van der Waals surface area contributed by atoms with Gasteiger partial charge in [0.25, 0.3) is 11.4 Å². The Balaban J connectivity index is 1.76. The van der Waals surface area contributed by atoms with Crippen LogP contribution in [0.25, 0.3) is 0 Å². The Morgan fingerprint density at radius 3 is 1.96 bits per heavy atom. The summed E-state index contributed by atoms with van der Waals surface area (Å²) in [4.78, 5) is 20.3. The summed E-state index contributed by atoms with van der Waals surface area (Å²) in [5, 5.41) is 31.2. The molecule has 2 rings (SSSR count). The van der Waals surface area contributed by atoms with Gasteiger partial charge in [0.1, 0.15) is 18.1 Å². The first-order valence-electron chi connectivity index (χ1n) is 7.38. The monoisotopic (exact) mass is 348 g/mol. The lowest BCUT2D eigenvalue weighted by Crippen LogP contribution is -2.20. The quantitative estimate of drug-likeness (QED) is 0.545. The van der Waals surface area contributed by atoms with Crippen molar-refractivity contribution in [1.82, 2.24) is 0 Å². The topological polar surface area (TPSA) is 125 Å². The van der Waals surface area contributed by atoms with Crippen molar-refractivity contribution in [2.75, 3.05) is 13.2 Å². The first-order valence-corrected chi connectivity index (χ1v) is 7.38. The number of rotatable bonds is 9. The van der Waals surface area contributed by atoms with E-state index in [0.717, 1.165) is 0 Å². The molecule has 25 heavy (non-hydrogen) atoms. The standard InChI is InChI=1S/C16H16N2O7/c19-14(11-25-16-6-2-4-13(10-16)18(22)23)7-8-24-15-5-1-3-12(9-15)17(20)21/h1-6,9-10,14,19H,7-8,11H2. The van der Waals surface area contributed by atoms with E-state index in [1.807, 2.05) is 0 Å². The van der Waals surface area contributed by atoms with Gasteiger partial charge in [0.15, 0.2) is 0 Å². The maximum absolute atomic E-state index is 10.7. The fourth-order valence-electron chi connectivity index (χ4n) is 1.96. The zero-order valence-corrected chi connectivity index (χ0v) is 13.1. The van der Waals surface area contributed by atoms with Crippen LogP contribution in [0.4, 0.5) is 11.4 Å². The van der Waals surface area contributed by atoms with Gasteiger partial charge in [-0.1, -0.05) is 12.1 Å². The van der Waals surface area contributed by atoms with Crippen molar-refractivity contribution in [3.63, 3.8) is 0 Å². The van der Waals surface area contributed by atoms with Crippen LogP contribution in [0.1, 0.15) is 6.42 Å². The second-order valence-corrected chi connectivity index (χ2v) is 5.11. The van der Waals surface area contributed by atoms with Gasteiger partial charge in [-0.05, 0) is 12.1 Å². The van der Waals surface area contributed by atoms with Crippen LogP contribution in [0.3, 0.4) is 0 Å². The summed E-state index contributed by atoms with van der Waals surface area (Å²) >= 11 is 0. The van der Waals surface area contributed by atoms with Gasteiger partial charge in [0, 0.05) is 18.6 Å². The molecule has 1 atom stereocenters. The fourth-order valence-corrected chi connectivity index (χ4v) is 1.96. The SMILES string of the molecule is O=[N+]([O-])c1cccc(OCCC(O)COc2cccc([N+](=O)[O-])c2)c1. The van der Waals surface area contributed by atoms with Crippen LogP contribution in [0.15, 0.2) is 48.5 Å². The number of benzene rings is 2. The summed E-state index contributed by atoms with van der Waals surface area (Å²) in [6.45, 7) is 0.0834. The van der Waals surface area contributed by atoms with Crippen molar-refractivity contribution >= 4 is 11.4 Å². The average Bonchev–Trinajstić information content (AvgIpc) is 2.60. The molecule has 0 fully saturated rings. The number of aliphatic hydroxyl groups is 1. The number of nitro groups is 2. The van der Waals surface area contributed by atoms with E-state index in [1.54, 1.807) is 12.1 Å². The third kappa shape index (κ3) is 5.74. The molecule has 0 spiro atoms. The zero-order chi connectivity index (χ0) is 18.2. The third-order valence-corrected chi connectivity index (χ3v) is 3.22. The van der Waals surface area contributed by atoms with Crippen LogP contribution in [-0.2, 0) is 0 Å². The number of ether oxygens (including phenoxy) is 2. The molecule has 0 heterocycles. The van der Waals surface area contributed by atoms with Crippen molar-refractivity contribution in [2.24, 2.45) is 0 Å². The highest BCUT2D eigenvalue weighted by atomic mass is 16.6. The van der Waals surface area contributed by atoms with Gasteiger partial charge in [-0.25, -0.2) is 0 Å². The second kappa shape index (κ2) is 8.60. The van der Waals surface area contributed by atoms with E-state index < -0.39 is 16.0 Å². The van der Waals surface area contributed by atoms with Gasteiger partial charge in [-0.3, -0.25) is 20.2 Å². The molecule has 2 aromatic rings. The van der Waals surface area contributed by atoms with Gasteiger partial charge in [-0.15, -0.1) is 0 Å². The van der Waals surface area contributed by atoms with Crippen LogP contribution in [0.2, 0.25) is 0 Å². The molecule has 2 aromatic carbocycles. The molecule has 9 heteroatoms. The highest BCUT2D eigenvalue weighted by Crippen LogP contribution is 2.20. The molecule has 0 aliphatic heterocycles. The summed E-state index contributed by atoms with van der Waals surface area (Å²) in [7, 11) is 0. The molecular weight excluding hydrogens is 332 g/mol. The zero-order valence-electron chi connectivity index (χ0n) is 13.1. The minimum atomic E-state index is -0.849. The first kappa shape index (κ1) is 18.1. The number of hydrogen-bond acceptors (Lipinski definition) is 7. The van der Waals surface area contributed by atoms with Crippen molar-refractivity contribution < 1.29 is 24.4 Å². The molecular formula is C16H16N2O7. The number of hydrogen-bond donors (Lipinski definition) is 1. The summed E-state index contributed by atoms with van der Waals surface area (Å²) in [6.07, 6.45) is -0.615. The molecule has 9 nitrogen and oxygen atoms in total. The minimum Gasteiger partial charge on any atom is -0.493 e. The van der Waals surface area contributed by atoms with Crippen LogP contribution in [0.5, 0.6) is 11.5 Å². The third-order valence-electron chi connectivity index (χ3n) is 3.22. The van der Waals surface area contributed by atoms with E-state index in [1.165, 1.54) is 36.4 Å². The largest absolute Gasteiger partial charge is 0.493 e. The van der Waals surface area contributed by atoms with Gasteiger partial charge in [-0.2, -0.15) is 0 Å². The molecule has 0 aromatic heterocycles. The molecule has 0 amide bonds. The lowest BCUT2D eigenvalue weighted by molar-refractivity contribution is -0.385. The summed E-state index contributed by atoms with van der Waals surface area (Å²) in [5.41, 5.74) is -0.173. The van der Waals surface area contributed by atoms with Crippen LogP contribution in [-0.4, -0.2) is 34.3 Å². The highest BCUT2D eigenvalue weighted by Gasteiger charge is 2.10. The van der Waals surface area contributed by atoms with Gasteiger partial charge in [0.2, 0.25) is 0 Å². The molecule has 0 radical (unpaired) electrons. The Morgan fingerprint density at radius 1 is 0.920 bits per heavy atom. The second-order valence-electron chi connectivity index (χ2n) is 5.11. The number of nitrogens with zero attached hydrogens (tertiary/aromatic N) is 2. The van der Waals surface area contributed by atoms with Crippen molar-refractivity contribution in [1.29, 1.82) is 0 Å². The average molecular weight is 348 g/mol. The Hall–Kier alpha value is -3.20. The van der Waals surface area contributed by atoms with Crippen LogP contribution < -0.4 is 9.47 Å². The molecule has 0 aliphatic carbocycles. The van der Waals surface area contributed by atoms with Crippen LogP contribution >= 0.6 is 0 Å². The van der Waals surface area contributed by atoms with Crippen LogP contribution in [0, 0.1) is 20.2 Å². The lowest BCUT2D eigenvalue weighted by Gasteiger charge is -2.13. The molecule has 0 saturated heterocycles. The van der Waals surface area contributed by atoms with E-state index in [2.05, 4.69) is 0 Å². The van der Waals surface area contributed by atoms with Crippen molar-refractivity contribution in [3.05, 3.63) is 68.8 Å². The Morgan fingerprint density at radius 2 is 1.44 bits per heavy atom. The van der Waals surface area contributed by atoms with E-state index in [-0.39, 0.29) is 36.8 Å². The van der Waals surface area contributed by atoms with E-state index >= 15 is 0 Å². The lowest BCUT2D eigenvalue weighted by atomic mass is 10.2. The first-order chi connectivity index (χ1) is 12.0. The predicted octanol–water partition coefficient (Wildman–Crippen LogP) is 2.71. The predicted molar refractivity (Wildman–Crippen MR) is 87.8 cm³/mol. The van der Waals surface area contributed by atoms with Gasteiger partial charge >= 0.3 is 0 Å².